The lowest BCUT2D eigenvalue weighted by atomic mass is 10.1. The van der Waals surface area contributed by atoms with Gasteiger partial charge < -0.3 is 5.32 Å². The highest BCUT2D eigenvalue weighted by Gasteiger charge is 2.36. The molecule has 102 valence electrons. The summed E-state index contributed by atoms with van der Waals surface area (Å²) >= 11 is 4.04. The number of benzene rings is 1. The van der Waals surface area contributed by atoms with Gasteiger partial charge in [0.05, 0.1) is 6.04 Å². The van der Waals surface area contributed by atoms with Crippen LogP contribution in [0.2, 0.25) is 0 Å². The van der Waals surface area contributed by atoms with Crippen LogP contribution in [-0.4, -0.2) is 9.36 Å². The molecule has 0 aliphatic rings. The minimum Gasteiger partial charge on any atom is -0.354 e. The van der Waals surface area contributed by atoms with E-state index in [1.807, 2.05) is 31.2 Å². The van der Waals surface area contributed by atoms with Crippen molar-refractivity contribution in [3.63, 3.8) is 0 Å². The molecule has 8 heteroatoms. The zero-order valence-electron chi connectivity index (χ0n) is 9.70. The van der Waals surface area contributed by atoms with E-state index in [-0.39, 0.29) is 11.2 Å². The maximum Gasteiger partial charge on any atom is 0.452 e. The van der Waals surface area contributed by atoms with Crippen LogP contribution >= 0.6 is 27.5 Å². The van der Waals surface area contributed by atoms with Crippen LogP contribution in [0.15, 0.2) is 28.7 Å². The van der Waals surface area contributed by atoms with Gasteiger partial charge in [-0.15, -0.1) is 0 Å². The van der Waals surface area contributed by atoms with Gasteiger partial charge in [-0.25, -0.2) is 0 Å². The lowest BCUT2D eigenvalue weighted by Gasteiger charge is -2.13. The molecule has 0 aliphatic carbocycles. The molecular formula is C11H9BrF3N3S. The van der Waals surface area contributed by atoms with Gasteiger partial charge >= 0.3 is 6.18 Å². The molecule has 1 aromatic heterocycles. The second-order valence-corrected chi connectivity index (χ2v) is 5.51. The van der Waals surface area contributed by atoms with Gasteiger partial charge in [0, 0.05) is 16.0 Å². The average Bonchev–Trinajstić information content (AvgIpc) is 2.77. The van der Waals surface area contributed by atoms with Gasteiger partial charge in [0.15, 0.2) is 0 Å². The third kappa shape index (κ3) is 3.66. The Bertz CT molecular complexity index is 570. The van der Waals surface area contributed by atoms with Crippen LogP contribution in [0, 0.1) is 0 Å². The standard InChI is InChI=1S/C11H9BrF3N3S/c1-6(7-3-2-4-8(12)5-7)16-10-17-9(18-19-10)11(13,14)15/h2-6H,1H3,(H,16,17,18). The van der Waals surface area contributed by atoms with E-state index in [1.165, 1.54) is 0 Å². The third-order valence-electron chi connectivity index (χ3n) is 2.37. The van der Waals surface area contributed by atoms with E-state index < -0.39 is 12.0 Å². The summed E-state index contributed by atoms with van der Waals surface area (Å²) in [6.07, 6.45) is -4.50. The number of alkyl halides is 3. The molecule has 1 atom stereocenters. The van der Waals surface area contributed by atoms with E-state index in [4.69, 9.17) is 0 Å². The Morgan fingerprint density at radius 2 is 2.11 bits per heavy atom. The van der Waals surface area contributed by atoms with Crippen molar-refractivity contribution >= 4 is 32.6 Å². The minimum atomic E-state index is -4.50. The maximum atomic E-state index is 12.4. The predicted molar refractivity (Wildman–Crippen MR) is 71.1 cm³/mol. The quantitative estimate of drug-likeness (QED) is 0.884. The van der Waals surface area contributed by atoms with Crippen molar-refractivity contribution in [2.24, 2.45) is 0 Å². The molecule has 0 spiro atoms. The summed E-state index contributed by atoms with van der Waals surface area (Å²) in [5.41, 5.74) is 0.943. The Labute approximate surface area is 120 Å². The monoisotopic (exact) mass is 351 g/mol. The number of nitrogens with one attached hydrogen (secondary N) is 1. The number of anilines is 1. The summed E-state index contributed by atoms with van der Waals surface area (Å²) in [5.74, 6) is -1.11. The van der Waals surface area contributed by atoms with Crippen molar-refractivity contribution in [1.29, 1.82) is 0 Å². The smallest absolute Gasteiger partial charge is 0.354 e. The molecule has 0 saturated carbocycles. The molecule has 3 nitrogen and oxygen atoms in total. The van der Waals surface area contributed by atoms with Gasteiger partial charge in [-0.3, -0.25) is 0 Å². The molecule has 0 fully saturated rings. The zero-order chi connectivity index (χ0) is 14.0. The number of hydrogen-bond acceptors (Lipinski definition) is 4. The zero-order valence-corrected chi connectivity index (χ0v) is 12.1. The van der Waals surface area contributed by atoms with Crippen LogP contribution in [-0.2, 0) is 6.18 Å². The maximum absolute atomic E-state index is 12.4. The molecule has 19 heavy (non-hydrogen) atoms. The highest BCUT2D eigenvalue weighted by atomic mass is 79.9. The largest absolute Gasteiger partial charge is 0.452 e. The van der Waals surface area contributed by atoms with Crippen LogP contribution in [0.3, 0.4) is 0 Å². The number of hydrogen-bond donors (Lipinski definition) is 1. The Hall–Kier alpha value is -1.15. The van der Waals surface area contributed by atoms with Crippen molar-refractivity contribution in [3.8, 4) is 0 Å². The van der Waals surface area contributed by atoms with Crippen molar-refractivity contribution in [1.82, 2.24) is 9.36 Å². The first-order valence-corrected chi connectivity index (χ1v) is 6.86. The molecule has 2 rings (SSSR count). The molecule has 0 saturated heterocycles. The summed E-state index contributed by atoms with van der Waals surface area (Å²) in [4.78, 5) is 3.43. The Morgan fingerprint density at radius 3 is 2.68 bits per heavy atom. The van der Waals surface area contributed by atoms with Crippen LogP contribution in [0.25, 0.3) is 0 Å². The number of nitrogens with zero attached hydrogens (tertiary/aromatic N) is 2. The van der Waals surface area contributed by atoms with E-state index in [0.29, 0.717) is 11.5 Å². The van der Waals surface area contributed by atoms with Crippen molar-refractivity contribution in [2.75, 3.05) is 5.32 Å². The molecule has 0 amide bonds. The SMILES string of the molecule is CC(Nc1nc(C(F)(F)F)ns1)c1cccc(Br)c1. The Kier molecular flexibility index (Phi) is 4.10. The lowest BCUT2D eigenvalue weighted by molar-refractivity contribution is -0.144. The summed E-state index contributed by atoms with van der Waals surface area (Å²) < 4.78 is 41.3. The van der Waals surface area contributed by atoms with E-state index in [2.05, 4.69) is 30.6 Å². The van der Waals surface area contributed by atoms with E-state index in [0.717, 1.165) is 10.0 Å². The first kappa shape index (κ1) is 14.3. The second kappa shape index (κ2) is 5.46. The van der Waals surface area contributed by atoms with Gasteiger partial charge in [-0.1, -0.05) is 28.1 Å². The van der Waals surface area contributed by atoms with Gasteiger partial charge in [-0.05, 0) is 24.6 Å². The van der Waals surface area contributed by atoms with Gasteiger partial charge in [0.25, 0.3) is 0 Å². The van der Waals surface area contributed by atoms with Crippen LogP contribution < -0.4 is 5.32 Å². The fraction of sp³-hybridized carbons (Fsp3) is 0.273. The number of rotatable bonds is 3. The molecule has 1 unspecified atom stereocenters. The fourth-order valence-corrected chi connectivity index (χ4v) is 2.53. The Balaban J connectivity index is 2.11. The average molecular weight is 352 g/mol. The van der Waals surface area contributed by atoms with E-state index >= 15 is 0 Å². The Morgan fingerprint density at radius 1 is 1.37 bits per heavy atom. The number of aromatic nitrogens is 2. The lowest BCUT2D eigenvalue weighted by Crippen LogP contribution is -2.09. The molecular weight excluding hydrogens is 343 g/mol. The molecule has 1 heterocycles. The van der Waals surface area contributed by atoms with Gasteiger partial charge in [0.2, 0.25) is 11.0 Å². The molecule has 0 aliphatic heterocycles. The topological polar surface area (TPSA) is 37.8 Å². The fourth-order valence-electron chi connectivity index (χ4n) is 1.44. The van der Waals surface area contributed by atoms with Crippen molar-refractivity contribution in [3.05, 3.63) is 40.1 Å². The summed E-state index contributed by atoms with van der Waals surface area (Å²) in [5, 5.41) is 3.05. The van der Waals surface area contributed by atoms with Crippen LogP contribution in [0.1, 0.15) is 24.4 Å². The van der Waals surface area contributed by atoms with Crippen LogP contribution in [0.5, 0.6) is 0 Å². The highest BCUT2D eigenvalue weighted by Crippen LogP contribution is 2.30. The summed E-state index contributed by atoms with van der Waals surface area (Å²) in [7, 11) is 0. The summed E-state index contributed by atoms with van der Waals surface area (Å²) in [6, 6.07) is 7.35. The second-order valence-electron chi connectivity index (χ2n) is 3.84. The number of halogens is 4. The van der Waals surface area contributed by atoms with Crippen LogP contribution in [0.4, 0.5) is 18.3 Å². The van der Waals surface area contributed by atoms with Gasteiger partial charge in [0.1, 0.15) is 0 Å². The first-order chi connectivity index (χ1) is 8.86. The molecule has 1 aromatic carbocycles. The van der Waals surface area contributed by atoms with Crippen molar-refractivity contribution < 1.29 is 13.2 Å². The van der Waals surface area contributed by atoms with Gasteiger partial charge in [-0.2, -0.15) is 22.5 Å². The molecule has 2 aromatic rings. The first-order valence-electron chi connectivity index (χ1n) is 5.29. The normalized spacial score (nSPS) is 13.3. The molecule has 0 bridgehead atoms. The minimum absolute atomic E-state index is 0.153. The van der Waals surface area contributed by atoms with E-state index in [1.54, 1.807) is 0 Å². The van der Waals surface area contributed by atoms with Crippen molar-refractivity contribution in [2.45, 2.75) is 19.1 Å². The predicted octanol–water partition coefficient (Wildman–Crippen LogP) is 4.49. The highest BCUT2D eigenvalue weighted by molar-refractivity contribution is 9.10. The third-order valence-corrected chi connectivity index (χ3v) is 3.51. The molecule has 1 N–H and O–H groups in total. The summed E-state index contributed by atoms with van der Waals surface area (Å²) in [6.45, 7) is 1.84. The molecule has 0 radical (unpaired) electrons. The van der Waals surface area contributed by atoms with E-state index in [9.17, 15) is 13.2 Å².